The molecule has 2 heteroatoms. The molecule has 0 aromatic heterocycles. The van der Waals surface area contributed by atoms with Crippen molar-refractivity contribution in [3.63, 3.8) is 0 Å². The first-order valence-electron chi connectivity index (χ1n) is 6.06. The van der Waals surface area contributed by atoms with Crippen molar-refractivity contribution < 1.29 is 4.79 Å². The Morgan fingerprint density at radius 3 is 2.75 bits per heavy atom. The third kappa shape index (κ3) is 2.70. The molecule has 1 fully saturated rings. The number of carbonyl (C=O) groups excluding carboxylic acids is 1. The van der Waals surface area contributed by atoms with E-state index in [2.05, 4.69) is 29.2 Å². The van der Waals surface area contributed by atoms with E-state index in [0.717, 1.165) is 19.5 Å². The zero-order valence-corrected chi connectivity index (χ0v) is 9.86. The highest BCUT2D eigenvalue weighted by atomic mass is 16.1. The molecule has 1 aromatic rings. The van der Waals surface area contributed by atoms with Crippen molar-refractivity contribution in [2.75, 3.05) is 6.54 Å². The standard InChI is InChI=1S/C14H19NO/c1-12(16)14-9-5-6-10-15(14)11-13-7-3-2-4-8-13/h2-4,7-8,14H,5-6,9-11H2,1H3/t14-/m1/s1. The number of piperidine rings is 1. The van der Waals surface area contributed by atoms with E-state index in [9.17, 15) is 4.79 Å². The third-order valence-electron chi connectivity index (χ3n) is 3.31. The Balaban J connectivity index is 2.04. The number of rotatable bonds is 3. The Hall–Kier alpha value is -1.15. The highest BCUT2D eigenvalue weighted by molar-refractivity contribution is 5.81. The fraction of sp³-hybridized carbons (Fsp3) is 0.500. The van der Waals surface area contributed by atoms with E-state index >= 15 is 0 Å². The minimum atomic E-state index is 0.147. The Labute approximate surface area is 97.3 Å². The molecule has 86 valence electrons. The number of nitrogens with zero attached hydrogens (tertiary/aromatic N) is 1. The van der Waals surface area contributed by atoms with Crippen LogP contribution in [0.15, 0.2) is 30.3 Å². The summed E-state index contributed by atoms with van der Waals surface area (Å²) in [6, 6.07) is 10.6. The van der Waals surface area contributed by atoms with Gasteiger partial charge >= 0.3 is 0 Å². The second-order valence-corrected chi connectivity index (χ2v) is 4.58. The van der Waals surface area contributed by atoms with E-state index in [1.807, 2.05) is 6.07 Å². The zero-order valence-electron chi connectivity index (χ0n) is 9.86. The average Bonchev–Trinajstić information content (AvgIpc) is 2.31. The fourth-order valence-corrected chi connectivity index (χ4v) is 2.46. The van der Waals surface area contributed by atoms with Crippen LogP contribution in [0.3, 0.4) is 0 Å². The number of benzene rings is 1. The van der Waals surface area contributed by atoms with E-state index in [1.54, 1.807) is 6.92 Å². The number of hydrogen-bond acceptors (Lipinski definition) is 2. The molecule has 1 aliphatic heterocycles. The molecule has 0 N–H and O–H groups in total. The summed E-state index contributed by atoms with van der Waals surface area (Å²) < 4.78 is 0. The van der Waals surface area contributed by atoms with Crippen molar-refractivity contribution in [3.05, 3.63) is 35.9 Å². The molecule has 1 aromatic carbocycles. The molecule has 0 aliphatic carbocycles. The van der Waals surface area contributed by atoms with Crippen LogP contribution in [0.2, 0.25) is 0 Å². The molecule has 1 atom stereocenters. The average molecular weight is 217 g/mol. The Kier molecular flexibility index (Phi) is 3.73. The first-order chi connectivity index (χ1) is 7.77. The zero-order chi connectivity index (χ0) is 11.4. The second-order valence-electron chi connectivity index (χ2n) is 4.58. The number of ketones is 1. The SMILES string of the molecule is CC(=O)[C@H]1CCCCN1Cc1ccccc1. The molecule has 2 rings (SSSR count). The van der Waals surface area contributed by atoms with Gasteiger partial charge in [-0.25, -0.2) is 0 Å². The van der Waals surface area contributed by atoms with E-state index in [-0.39, 0.29) is 6.04 Å². The maximum Gasteiger partial charge on any atom is 0.146 e. The van der Waals surface area contributed by atoms with Crippen molar-refractivity contribution in [1.82, 2.24) is 4.90 Å². The van der Waals surface area contributed by atoms with Crippen molar-refractivity contribution in [3.8, 4) is 0 Å². The number of Topliss-reactive ketones (excluding diaryl/α,β-unsaturated/α-hetero) is 1. The van der Waals surface area contributed by atoms with Crippen LogP contribution < -0.4 is 0 Å². The van der Waals surface area contributed by atoms with Gasteiger partial charge in [-0.05, 0) is 31.9 Å². The first-order valence-corrected chi connectivity index (χ1v) is 6.06. The maximum atomic E-state index is 11.6. The molecular formula is C14H19NO. The van der Waals surface area contributed by atoms with Gasteiger partial charge in [0.05, 0.1) is 6.04 Å². The molecule has 0 amide bonds. The topological polar surface area (TPSA) is 20.3 Å². The molecule has 0 unspecified atom stereocenters. The molecule has 0 saturated carbocycles. The van der Waals surface area contributed by atoms with Gasteiger partial charge in [0.2, 0.25) is 0 Å². The smallest absolute Gasteiger partial charge is 0.146 e. The van der Waals surface area contributed by atoms with Gasteiger partial charge in [0, 0.05) is 6.54 Å². The predicted molar refractivity (Wildman–Crippen MR) is 65.2 cm³/mol. The van der Waals surface area contributed by atoms with Crippen molar-refractivity contribution in [2.45, 2.75) is 38.8 Å². The minimum absolute atomic E-state index is 0.147. The summed E-state index contributed by atoms with van der Waals surface area (Å²) in [5, 5.41) is 0. The molecule has 2 nitrogen and oxygen atoms in total. The summed E-state index contributed by atoms with van der Waals surface area (Å²) in [6.45, 7) is 3.68. The van der Waals surface area contributed by atoms with Gasteiger partial charge in [0.1, 0.15) is 5.78 Å². The quantitative estimate of drug-likeness (QED) is 0.775. The lowest BCUT2D eigenvalue weighted by atomic mass is 9.98. The molecule has 0 spiro atoms. The van der Waals surface area contributed by atoms with Gasteiger partial charge in [0.15, 0.2) is 0 Å². The first kappa shape index (κ1) is 11.3. The van der Waals surface area contributed by atoms with Crippen molar-refractivity contribution in [2.24, 2.45) is 0 Å². The molecule has 0 radical (unpaired) electrons. The summed E-state index contributed by atoms with van der Waals surface area (Å²) in [4.78, 5) is 13.9. The third-order valence-corrected chi connectivity index (χ3v) is 3.31. The van der Waals surface area contributed by atoms with E-state index in [1.165, 1.54) is 18.4 Å². The Bertz CT molecular complexity index is 347. The second kappa shape index (κ2) is 5.26. The normalized spacial score (nSPS) is 21.9. The van der Waals surface area contributed by atoms with Crippen LogP contribution >= 0.6 is 0 Å². The molecule has 1 heterocycles. The molecule has 0 bridgehead atoms. The van der Waals surface area contributed by atoms with Crippen LogP contribution in [0.5, 0.6) is 0 Å². The molecule has 16 heavy (non-hydrogen) atoms. The molecular weight excluding hydrogens is 198 g/mol. The fourth-order valence-electron chi connectivity index (χ4n) is 2.46. The molecule has 1 saturated heterocycles. The molecule has 1 aliphatic rings. The number of likely N-dealkylation sites (tertiary alicyclic amines) is 1. The lowest BCUT2D eigenvalue weighted by molar-refractivity contribution is -0.123. The van der Waals surface area contributed by atoms with Gasteiger partial charge in [-0.3, -0.25) is 9.69 Å². The summed E-state index contributed by atoms with van der Waals surface area (Å²) in [7, 11) is 0. The van der Waals surface area contributed by atoms with Gasteiger partial charge in [0.25, 0.3) is 0 Å². The van der Waals surface area contributed by atoms with Crippen LogP contribution in [-0.2, 0) is 11.3 Å². The number of hydrogen-bond donors (Lipinski definition) is 0. The Morgan fingerprint density at radius 2 is 2.06 bits per heavy atom. The summed E-state index contributed by atoms with van der Waals surface area (Å²) >= 11 is 0. The predicted octanol–water partition coefficient (Wildman–Crippen LogP) is 2.63. The minimum Gasteiger partial charge on any atom is -0.298 e. The summed E-state index contributed by atoms with van der Waals surface area (Å²) in [5.74, 6) is 0.315. The van der Waals surface area contributed by atoms with Crippen LogP contribution in [0.1, 0.15) is 31.7 Å². The van der Waals surface area contributed by atoms with Crippen molar-refractivity contribution >= 4 is 5.78 Å². The maximum absolute atomic E-state index is 11.6. The van der Waals surface area contributed by atoms with E-state index < -0.39 is 0 Å². The van der Waals surface area contributed by atoms with Crippen LogP contribution in [0.4, 0.5) is 0 Å². The van der Waals surface area contributed by atoms with Gasteiger partial charge in [-0.2, -0.15) is 0 Å². The van der Waals surface area contributed by atoms with Gasteiger partial charge in [-0.1, -0.05) is 36.8 Å². The van der Waals surface area contributed by atoms with Crippen LogP contribution in [0, 0.1) is 0 Å². The van der Waals surface area contributed by atoms with Crippen LogP contribution in [0.25, 0.3) is 0 Å². The van der Waals surface area contributed by atoms with Crippen LogP contribution in [-0.4, -0.2) is 23.3 Å². The number of carbonyl (C=O) groups is 1. The highest BCUT2D eigenvalue weighted by Crippen LogP contribution is 2.20. The lowest BCUT2D eigenvalue weighted by Gasteiger charge is -2.34. The lowest BCUT2D eigenvalue weighted by Crippen LogP contribution is -2.43. The van der Waals surface area contributed by atoms with E-state index in [0.29, 0.717) is 5.78 Å². The van der Waals surface area contributed by atoms with Gasteiger partial charge < -0.3 is 0 Å². The monoisotopic (exact) mass is 217 g/mol. The van der Waals surface area contributed by atoms with E-state index in [4.69, 9.17) is 0 Å². The largest absolute Gasteiger partial charge is 0.298 e. The van der Waals surface area contributed by atoms with Gasteiger partial charge in [-0.15, -0.1) is 0 Å². The van der Waals surface area contributed by atoms with Crippen molar-refractivity contribution in [1.29, 1.82) is 0 Å². The summed E-state index contributed by atoms with van der Waals surface area (Å²) in [5.41, 5.74) is 1.30. The Morgan fingerprint density at radius 1 is 1.31 bits per heavy atom. The summed E-state index contributed by atoms with van der Waals surface area (Å²) in [6.07, 6.45) is 3.44. The highest BCUT2D eigenvalue weighted by Gasteiger charge is 2.25.